The van der Waals surface area contributed by atoms with Crippen LogP contribution in [0.2, 0.25) is 0 Å². The van der Waals surface area contributed by atoms with Crippen LogP contribution in [0.15, 0.2) is 18.2 Å². The number of nitrogens with zero attached hydrogens (tertiary/aromatic N) is 1. The molecule has 5 heteroatoms. The summed E-state index contributed by atoms with van der Waals surface area (Å²) in [5.74, 6) is 0.263. The summed E-state index contributed by atoms with van der Waals surface area (Å²) in [5.41, 5.74) is 1.24. The molecule has 1 aliphatic heterocycles. The average molecular weight is 334 g/mol. The standard InChI is InChI=1S/C19H27FN2O2/c1-2-14-3-6-16(7-4-14)21-19(23)17-13-15(20)5-8-18(17)22-9-11-24-12-10-22/h5,8,13-14,16H,2-4,6-7,9-12H2,1H3,(H,21,23). The number of anilines is 1. The quantitative estimate of drug-likeness (QED) is 0.918. The third-order valence-electron chi connectivity index (χ3n) is 5.31. The summed E-state index contributed by atoms with van der Waals surface area (Å²) in [6, 6.07) is 4.70. The summed E-state index contributed by atoms with van der Waals surface area (Å²) < 4.78 is 19.1. The molecule has 1 aromatic rings. The second-order valence-corrected chi connectivity index (χ2v) is 6.86. The van der Waals surface area contributed by atoms with Gasteiger partial charge in [-0.3, -0.25) is 4.79 Å². The van der Waals surface area contributed by atoms with Crippen LogP contribution in [-0.4, -0.2) is 38.3 Å². The summed E-state index contributed by atoms with van der Waals surface area (Å²) in [7, 11) is 0. The molecule has 0 atom stereocenters. The molecular formula is C19H27FN2O2. The lowest BCUT2D eigenvalue weighted by Crippen LogP contribution is -2.40. The lowest BCUT2D eigenvalue weighted by atomic mass is 9.84. The highest BCUT2D eigenvalue weighted by Crippen LogP contribution is 2.28. The zero-order chi connectivity index (χ0) is 16.9. The maximum absolute atomic E-state index is 13.7. The SMILES string of the molecule is CCC1CCC(NC(=O)c2cc(F)ccc2N2CCOCC2)CC1. The first-order chi connectivity index (χ1) is 11.7. The number of halogens is 1. The molecule has 1 saturated heterocycles. The van der Waals surface area contributed by atoms with Crippen molar-refractivity contribution >= 4 is 11.6 Å². The van der Waals surface area contributed by atoms with E-state index in [2.05, 4.69) is 17.1 Å². The van der Waals surface area contributed by atoms with Gasteiger partial charge in [-0.2, -0.15) is 0 Å². The van der Waals surface area contributed by atoms with Crippen molar-refractivity contribution < 1.29 is 13.9 Å². The number of carbonyl (C=O) groups excluding carboxylic acids is 1. The van der Waals surface area contributed by atoms with Crippen molar-refractivity contribution in [1.82, 2.24) is 5.32 Å². The van der Waals surface area contributed by atoms with Crippen LogP contribution in [0.5, 0.6) is 0 Å². The fraction of sp³-hybridized carbons (Fsp3) is 0.632. The minimum Gasteiger partial charge on any atom is -0.378 e. The van der Waals surface area contributed by atoms with Crippen LogP contribution in [0, 0.1) is 11.7 Å². The zero-order valence-corrected chi connectivity index (χ0v) is 14.4. The van der Waals surface area contributed by atoms with Crippen LogP contribution in [-0.2, 0) is 4.74 Å². The van der Waals surface area contributed by atoms with E-state index in [-0.39, 0.29) is 17.8 Å². The maximum Gasteiger partial charge on any atom is 0.253 e. The highest BCUT2D eigenvalue weighted by Gasteiger charge is 2.24. The number of hydrogen-bond donors (Lipinski definition) is 1. The zero-order valence-electron chi connectivity index (χ0n) is 14.4. The van der Waals surface area contributed by atoms with Gasteiger partial charge in [0.1, 0.15) is 5.82 Å². The minimum atomic E-state index is -0.369. The van der Waals surface area contributed by atoms with Gasteiger partial charge in [-0.05, 0) is 49.8 Å². The number of ether oxygens (including phenoxy) is 1. The molecule has 1 heterocycles. The number of hydrogen-bond acceptors (Lipinski definition) is 3. The lowest BCUT2D eigenvalue weighted by Gasteiger charge is -2.31. The van der Waals surface area contributed by atoms with Gasteiger partial charge in [-0.15, -0.1) is 0 Å². The van der Waals surface area contributed by atoms with Crippen LogP contribution < -0.4 is 10.2 Å². The van der Waals surface area contributed by atoms with Gasteiger partial charge in [0.25, 0.3) is 5.91 Å². The van der Waals surface area contributed by atoms with Gasteiger partial charge < -0.3 is 15.0 Å². The van der Waals surface area contributed by atoms with E-state index in [9.17, 15) is 9.18 Å². The molecule has 24 heavy (non-hydrogen) atoms. The molecule has 132 valence electrons. The molecule has 1 amide bonds. The molecule has 0 aromatic heterocycles. The third-order valence-corrected chi connectivity index (χ3v) is 5.31. The van der Waals surface area contributed by atoms with Crippen LogP contribution >= 0.6 is 0 Å². The van der Waals surface area contributed by atoms with Gasteiger partial charge in [0.15, 0.2) is 0 Å². The smallest absolute Gasteiger partial charge is 0.253 e. The van der Waals surface area contributed by atoms with Gasteiger partial charge in [0, 0.05) is 24.8 Å². The normalized spacial score (nSPS) is 24.7. The topological polar surface area (TPSA) is 41.6 Å². The lowest BCUT2D eigenvalue weighted by molar-refractivity contribution is 0.0920. The van der Waals surface area contributed by atoms with Crippen molar-refractivity contribution in [1.29, 1.82) is 0 Å². The predicted octanol–water partition coefficient (Wildman–Crippen LogP) is 3.36. The largest absolute Gasteiger partial charge is 0.378 e. The summed E-state index contributed by atoms with van der Waals surface area (Å²) in [6.07, 6.45) is 5.59. The molecule has 1 N–H and O–H groups in total. The molecule has 1 aromatic carbocycles. The Bertz CT molecular complexity index is 564. The average Bonchev–Trinajstić information content (AvgIpc) is 2.63. The van der Waals surface area contributed by atoms with E-state index in [1.165, 1.54) is 31.4 Å². The highest BCUT2D eigenvalue weighted by molar-refractivity contribution is 6.00. The van der Waals surface area contributed by atoms with Gasteiger partial charge in [-0.1, -0.05) is 13.3 Å². The Kier molecular flexibility index (Phi) is 5.72. The number of morpholine rings is 1. The fourth-order valence-corrected chi connectivity index (χ4v) is 3.75. The number of nitrogens with one attached hydrogen (secondary N) is 1. The van der Waals surface area contributed by atoms with E-state index >= 15 is 0 Å². The van der Waals surface area contributed by atoms with Crippen molar-refractivity contribution in [3.63, 3.8) is 0 Å². The van der Waals surface area contributed by atoms with E-state index < -0.39 is 0 Å². The Balaban J connectivity index is 1.70. The Labute approximate surface area is 143 Å². The predicted molar refractivity (Wildman–Crippen MR) is 92.9 cm³/mol. The first kappa shape index (κ1) is 17.2. The Morgan fingerprint density at radius 3 is 2.62 bits per heavy atom. The van der Waals surface area contributed by atoms with Crippen LogP contribution in [0.3, 0.4) is 0 Å². The number of amides is 1. The summed E-state index contributed by atoms with van der Waals surface area (Å²) in [4.78, 5) is 14.8. The van der Waals surface area contributed by atoms with E-state index in [1.54, 1.807) is 6.07 Å². The third kappa shape index (κ3) is 4.07. The van der Waals surface area contributed by atoms with Gasteiger partial charge in [0.2, 0.25) is 0 Å². The van der Waals surface area contributed by atoms with E-state index in [0.717, 1.165) is 37.5 Å². The molecule has 0 radical (unpaired) electrons. The molecule has 0 spiro atoms. The molecule has 3 rings (SSSR count). The molecule has 2 aliphatic rings. The van der Waals surface area contributed by atoms with Crippen molar-refractivity contribution in [3.05, 3.63) is 29.6 Å². The fourth-order valence-electron chi connectivity index (χ4n) is 3.75. The van der Waals surface area contributed by atoms with Crippen molar-refractivity contribution in [3.8, 4) is 0 Å². The van der Waals surface area contributed by atoms with Crippen molar-refractivity contribution in [2.75, 3.05) is 31.2 Å². The minimum absolute atomic E-state index is 0.157. The van der Waals surface area contributed by atoms with E-state index in [1.807, 2.05) is 0 Å². The van der Waals surface area contributed by atoms with Gasteiger partial charge in [-0.25, -0.2) is 4.39 Å². The molecule has 1 aliphatic carbocycles. The van der Waals surface area contributed by atoms with E-state index in [4.69, 9.17) is 4.74 Å². The summed E-state index contributed by atoms with van der Waals surface area (Å²) in [5, 5.41) is 3.12. The van der Waals surface area contributed by atoms with E-state index in [0.29, 0.717) is 18.8 Å². The summed E-state index contributed by atoms with van der Waals surface area (Å²) in [6.45, 7) is 4.96. The molecule has 0 unspecified atom stereocenters. The van der Waals surface area contributed by atoms with Crippen molar-refractivity contribution in [2.45, 2.75) is 45.1 Å². The van der Waals surface area contributed by atoms with Crippen molar-refractivity contribution in [2.24, 2.45) is 5.92 Å². The second-order valence-electron chi connectivity index (χ2n) is 6.86. The molecular weight excluding hydrogens is 307 g/mol. The molecule has 4 nitrogen and oxygen atoms in total. The van der Waals surface area contributed by atoms with Crippen LogP contribution in [0.25, 0.3) is 0 Å². The van der Waals surface area contributed by atoms with Crippen LogP contribution in [0.4, 0.5) is 10.1 Å². The first-order valence-electron chi connectivity index (χ1n) is 9.10. The number of benzene rings is 1. The molecule has 0 bridgehead atoms. The first-order valence-corrected chi connectivity index (χ1v) is 9.10. The maximum atomic E-state index is 13.7. The molecule has 1 saturated carbocycles. The molecule has 2 fully saturated rings. The Morgan fingerprint density at radius 1 is 1.25 bits per heavy atom. The van der Waals surface area contributed by atoms with Gasteiger partial charge in [0.05, 0.1) is 18.8 Å². The Hall–Kier alpha value is -1.62. The Morgan fingerprint density at radius 2 is 1.96 bits per heavy atom. The number of rotatable bonds is 4. The number of carbonyl (C=O) groups is 1. The summed E-state index contributed by atoms with van der Waals surface area (Å²) >= 11 is 0. The van der Waals surface area contributed by atoms with Crippen LogP contribution in [0.1, 0.15) is 49.4 Å². The second kappa shape index (κ2) is 7.97. The van der Waals surface area contributed by atoms with Gasteiger partial charge >= 0.3 is 0 Å². The highest BCUT2D eigenvalue weighted by atomic mass is 19.1. The monoisotopic (exact) mass is 334 g/mol.